The Hall–Kier alpha value is -3.20. The van der Waals surface area contributed by atoms with Crippen molar-refractivity contribution < 1.29 is 22.8 Å². The maximum atomic E-state index is 12.9. The molecule has 9 heteroatoms. The number of anilines is 1. The number of aromatic nitrogens is 1. The predicted octanol–water partition coefficient (Wildman–Crippen LogP) is 6.44. The van der Waals surface area contributed by atoms with Gasteiger partial charge in [0.1, 0.15) is 5.69 Å². The number of hydrogen-bond acceptors (Lipinski definition) is 4. The van der Waals surface area contributed by atoms with E-state index in [-0.39, 0.29) is 17.7 Å². The Balaban J connectivity index is 1.42. The second-order valence-electron chi connectivity index (χ2n) is 7.94. The average molecular weight is 474 g/mol. The molecule has 0 saturated carbocycles. The highest BCUT2D eigenvalue weighted by atomic mass is 32.1. The van der Waals surface area contributed by atoms with Gasteiger partial charge in [0.2, 0.25) is 0 Å². The molecule has 2 amide bonds. The number of likely N-dealkylation sites (tertiary alicyclic amines) is 1. The number of nitrogens with one attached hydrogen (secondary N) is 1. The molecule has 4 rings (SSSR count). The summed E-state index contributed by atoms with van der Waals surface area (Å²) in [4.78, 5) is 30.5. The fraction of sp³-hybridized carbons (Fsp3) is 0.292. The third-order valence-electron chi connectivity index (χ3n) is 5.71. The Kier molecular flexibility index (Phi) is 6.51. The van der Waals surface area contributed by atoms with Crippen LogP contribution in [-0.4, -0.2) is 34.8 Å². The molecular formula is C24H22F3N3O2S. The number of carbonyl (C=O) groups excluding carboxylic acids is 2. The Bertz CT molecular complexity index is 1150. The van der Waals surface area contributed by atoms with Crippen molar-refractivity contribution in [3.05, 3.63) is 70.2 Å². The SMILES string of the molecule is CC(=O)c1csc(C2CCN(C(=O)Nc3ccccc3-c3ccc(C(F)(F)F)cc3)CC2)n1. The number of ketones is 1. The number of nitrogens with zero attached hydrogens (tertiary/aromatic N) is 2. The molecule has 1 N–H and O–H groups in total. The van der Waals surface area contributed by atoms with Gasteiger partial charge in [-0.1, -0.05) is 30.3 Å². The van der Waals surface area contributed by atoms with Crippen LogP contribution in [0.2, 0.25) is 0 Å². The van der Waals surface area contributed by atoms with Gasteiger partial charge in [-0.05, 0) is 36.6 Å². The Morgan fingerprint density at radius 3 is 2.33 bits per heavy atom. The summed E-state index contributed by atoms with van der Waals surface area (Å²) in [5.41, 5.74) is 1.54. The van der Waals surface area contributed by atoms with Crippen LogP contribution in [0.4, 0.5) is 23.7 Å². The Morgan fingerprint density at radius 2 is 1.73 bits per heavy atom. The van der Waals surface area contributed by atoms with Crippen LogP contribution in [0.25, 0.3) is 11.1 Å². The lowest BCUT2D eigenvalue weighted by Gasteiger charge is -2.31. The molecule has 5 nitrogen and oxygen atoms in total. The van der Waals surface area contributed by atoms with Gasteiger partial charge < -0.3 is 10.2 Å². The van der Waals surface area contributed by atoms with Crippen molar-refractivity contribution in [2.24, 2.45) is 0 Å². The average Bonchev–Trinajstić information content (AvgIpc) is 3.30. The molecule has 1 aliphatic rings. The van der Waals surface area contributed by atoms with Crippen molar-refractivity contribution in [1.82, 2.24) is 9.88 Å². The first-order chi connectivity index (χ1) is 15.7. The number of rotatable bonds is 4. The first-order valence-electron chi connectivity index (χ1n) is 10.5. The van der Waals surface area contributed by atoms with Crippen LogP contribution in [0.1, 0.15) is 46.7 Å². The normalized spacial score (nSPS) is 14.8. The van der Waals surface area contributed by atoms with E-state index in [0.29, 0.717) is 35.6 Å². The molecule has 172 valence electrons. The summed E-state index contributed by atoms with van der Waals surface area (Å²) in [7, 11) is 0. The van der Waals surface area contributed by atoms with Gasteiger partial charge in [0, 0.05) is 36.9 Å². The monoisotopic (exact) mass is 473 g/mol. The summed E-state index contributed by atoms with van der Waals surface area (Å²) in [6.45, 7) is 2.59. The third kappa shape index (κ3) is 5.24. The number of Topliss-reactive ketones (excluding diaryl/α,β-unsaturated/α-hetero) is 1. The smallest absolute Gasteiger partial charge is 0.324 e. The molecule has 0 unspecified atom stereocenters. The molecule has 1 aliphatic heterocycles. The van der Waals surface area contributed by atoms with Gasteiger partial charge >= 0.3 is 12.2 Å². The summed E-state index contributed by atoms with van der Waals surface area (Å²) >= 11 is 1.48. The van der Waals surface area contributed by atoms with Gasteiger partial charge in [-0.3, -0.25) is 4.79 Å². The second kappa shape index (κ2) is 9.35. The lowest BCUT2D eigenvalue weighted by Crippen LogP contribution is -2.40. The topological polar surface area (TPSA) is 62.3 Å². The van der Waals surface area contributed by atoms with Gasteiger partial charge in [0.05, 0.1) is 16.3 Å². The maximum Gasteiger partial charge on any atom is 0.416 e. The molecular weight excluding hydrogens is 451 g/mol. The summed E-state index contributed by atoms with van der Waals surface area (Å²) in [6, 6.07) is 11.7. The van der Waals surface area contributed by atoms with Gasteiger partial charge in [-0.15, -0.1) is 11.3 Å². The van der Waals surface area contributed by atoms with Crippen LogP contribution < -0.4 is 5.32 Å². The van der Waals surface area contributed by atoms with E-state index in [1.54, 1.807) is 34.5 Å². The van der Waals surface area contributed by atoms with E-state index in [1.165, 1.54) is 30.4 Å². The zero-order chi connectivity index (χ0) is 23.6. The summed E-state index contributed by atoms with van der Waals surface area (Å²) < 4.78 is 38.6. The third-order valence-corrected chi connectivity index (χ3v) is 6.71. The fourth-order valence-corrected chi connectivity index (χ4v) is 4.87. The van der Waals surface area contributed by atoms with E-state index in [1.807, 2.05) is 0 Å². The van der Waals surface area contributed by atoms with Crippen LogP contribution in [0.5, 0.6) is 0 Å². The lowest BCUT2D eigenvalue weighted by molar-refractivity contribution is -0.137. The van der Waals surface area contributed by atoms with Gasteiger partial charge in [0.15, 0.2) is 5.78 Å². The molecule has 0 bridgehead atoms. The zero-order valence-electron chi connectivity index (χ0n) is 17.9. The first-order valence-corrected chi connectivity index (χ1v) is 11.4. The molecule has 2 heterocycles. The predicted molar refractivity (Wildman–Crippen MR) is 122 cm³/mol. The molecule has 0 atom stereocenters. The number of alkyl halides is 3. The highest BCUT2D eigenvalue weighted by molar-refractivity contribution is 7.09. The Morgan fingerprint density at radius 1 is 1.06 bits per heavy atom. The molecule has 0 spiro atoms. The van der Waals surface area contributed by atoms with E-state index in [2.05, 4.69) is 10.3 Å². The van der Waals surface area contributed by atoms with Crippen LogP contribution >= 0.6 is 11.3 Å². The van der Waals surface area contributed by atoms with E-state index in [0.717, 1.165) is 30.0 Å². The largest absolute Gasteiger partial charge is 0.416 e. The minimum Gasteiger partial charge on any atom is -0.324 e. The number of thiazole rings is 1. The van der Waals surface area contributed by atoms with Crippen LogP contribution in [0.3, 0.4) is 0 Å². The Labute approximate surface area is 193 Å². The molecule has 33 heavy (non-hydrogen) atoms. The molecule has 1 fully saturated rings. The zero-order valence-corrected chi connectivity index (χ0v) is 18.7. The number of benzene rings is 2. The highest BCUT2D eigenvalue weighted by Crippen LogP contribution is 2.34. The van der Waals surface area contributed by atoms with Crippen molar-refractivity contribution in [3.63, 3.8) is 0 Å². The number of carbonyl (C=O) groups is 2. The number of para-hydroxylation sites is 1. The number of hydrogen-bond donors (Lipinski definition) is 1. The van der Waals surface area contributed by atoms with Crippen LogP contribution in [0.15, 0.2) is 53.9 Å². The molecule has 1 aromatic heterocycles. The summed E-state index contributed by atoms with van der Waals surface area (Å²) in [5, 5.41) is 5.60. The maximum absolute atomic E-state index is 12.9. The highest BCUT2D eigenvalue weighted by Gasteiger charge is 2.30. The van der Waals surface area contributed by atoms with Crippen molar-refractivity contribution in [3.8, 4) is 11.1 Å². The van der Waals surface area contributed by atoms with Crippen LogP contribution in [0, 0.1) is 0 Å². The number of halogens is 3. The van der Waals surface area contributed by atoms with Crippen molar-refractivity contribution in [2.45, 2.75) is 31.9 Å². The van der Waals surface area contributed by atoms with E-state index >= 15 is 0 Å². The molecule has 1 saturated heterocycles. The number of amides is 2. The van der Waals surface area contributed by atoms with Crippen molar-refractivity contribution >= 4 is 28.8 Å². The summed E-state index contributed by atoms with van der Waals surface area (Å²) in [5.74, 6) is 0.160. The fourth-order valence-electron chi connectivity index (χ4n) is 3.84. The molecule has 0 radical (unpaired) electrons. The van der Waals surface area contributed by atoms with Crippen molar-refractivity contribution in [2.75, 3.05) is 18.4 Å². The molecule has 3 aromatic rings. The van der Waals surface area contributed by atoms with Gasteiger partial charge in [0.25, 0.3) is 0 Å². The quantitative estimate of drug-likeness (QED) is 0.444. The van der Waals surface area contributed by atoms with E-state index in [4.69, 9.17) is 0 Å². The minimum atomic E-state index is -4.40. The summed E-state index contributed by atoms with van der Waals surface area (Å²) in [6.07, 6.45) is -2.90. The van der Waals surface area contributed by atoms with Crippen molar-refractivity contribution in [1.29, 1.82) is 0 Å². The first kappa shape index (κ1) is 23.0. The minimum absolute atomic E-state index is 0.0546. The number of piperidine rings is 1. The molecule has 0 aliphatic carbocycles. The van der Waals surface area contributed by atoms with Crippen LogP contribution in [-0.2, 0) is 6.18 Å². The second-order valence-corrected chi connectivity index (χ2v) is 8.83. The van der Waals surface area contributed by atoms with E-state index in [9.17, 15) is 22.8 Å². The standard InChI is InChI=1S/C24H22F3N3O2S/c1-15(31)21-14-33-22(28-21)17-10-12-30(13-11-17)23(32)29-20-5-3-2-4-19(20)16-6-8-18(9-7-16)24(25,26)27/h2-9,14,17H,10-13H2,1H3,(H,29,32). The lowest BCUT2D eigenvalue weighted by atomic mass is 9.97. The molecule has 2 aromatic carbocycles. The van der Waals surface area contributed by atoms with Gasteiger partial charge in [-0.2, -0.15) is 13.2 Å². The van der Waals surface area contributed by atoms with Gasteiger partial charge in [-0.25, -0.2) is 9.78 Å². The van der Waals surface area contributed by atoms with E-state index < -0.39 is 11.7 Å². The number of urea groups is 1.